The quantitative estimate of drug-likeness (QED) is 0.772. The lowest BCUT2D eigenvalue weighted by Gasteiger charge is -2.33. The average Bonchev–Trinajstić information content (AvgIpc) is 3.00. The number of anilines is 1. The normalized spacial score (nSPS) is 19.9. The van der Waals surface area contributed by atoms with Crippen LogP contribution in [0, 0.1) is 0 Å². The second kappa shape index (κ2) is 6.05. The Balaban J connectivity index is 1.45. The van der Waals surface area contributed by atoms with E-state index in [0.717, 1.165) is 29.2 Å². The van der Waals surface area contributed by atoms with Crippen molar-refractivity contribution in [2.45, 2.75) is 31.3 Å². The maximum atomic E-state index is 12.3. The van der Waals surface area contributed by atoms with Gasteiger partial charge in [-0.2, -0.15) is 0 Å². The van der Waals surface area contributed by atoms with E-state index in [4.69, 9.17) is 5.73 Å². The highest BCUT2D eigenvalue weighted by atomic mass is 16.1. The Hall–Kier alpha value is -2.73. The third kappa shape index (κ3) is 2.88. The van der Waals surface area contributed by atoms with E-state index in [0.29, 0.717) is 18.3 Å². The van der Waals surface area contributed by atoms with E-state index in [1.165, 1.54) is 0 Å². The highest BCUT2D eigenvalue weighted by Crippen LogP contribution is 2.31. The van der Waals surface area contributed by atoms with Gasteiger partial charge in [-0.05, 0) is 29.9 Å². The summed E-state index contributed by atoms with van der Waals surface area (Å²) in [6, 6.07) is 8.54. The summed E-state index contributed by atoms with van der Waals surface area (Å²) in [5, 5.41) is 4.96. The maximum Gasteiger partial charge on any atom is 0.230 e. The Morgan fingerprint density at radius 1 is 1.33 bits per heavy atom. The van der Waals surface area contributed by atoms with E-state index in [1.807, 2.05) is 41.2 Å². The zero-order chi connectivity index (χ0) is 16.5. The molecule has 122 valence electrons. The van der Waals surface area contributed by atoms with Gasteiger partial charge in [0.15, 0.2) is 5.82 Å². The highest BCUT2D eigenvalue weighted by molar-refractivity contribution is 5.95. The van der Waals surface area contributed by atoms with Crippen molar-refractivity contribution in [2.24, 2.45) is 5.73 Å². The van der Waals surface area contributed by atoms with Gasteiger partial charge in [-0.15, -0.1) is 0 Å². The van der Waals surface area contributed by atoms with Crippen LogP contribution in [0.5, 0.6) is 0 Å². The standard InChI is InChI=1S/C18H19N5O/c19-14-7-15(8-14)23-10-17(21-11-23)22-18(24)6-12-2-1-3-13-9-20-5-4-16(12)13/h1-5,9-11,14-15H,6-8,19H2,(H,22,24). The van der Waals surface area contributed by atoms with Crippen molar-refractivity contribution < 1.29 is 4.79 Å². The predicted molar refractivity (Wildman–Crippen MR) is 92.6 cm³/mol. The molecule has 0 saturated heterocycles. The van der Waals surface area contributed by atoms with Crippen LogP contribution in [0.4, 0.5) is 5.82 Å². The number of nitrogens with one attached hydrogen (secondary N) is 1. The number of fused-ring (bicyclic) bond motifs is 1. The van der Waals surface area contributed by atoms with Gasteiger partial charge in [0.1, 0.15) is 0 Å². The molecule has 4 rings (SSSR count). The van der Waals surface area contributed by atoms with Gasteiger partial charge in [0.25, 0.3) is 0 Å². The van der Waals surface area contributed by atoms with E-state index >= 15 is 0 Å². The third-order valence-electron chi connectivity index (χ3n) is 4.56. The smallest absolute Gasteiger partial charge is 0.230 e. The number of pyridine rings is 1. The molecular weight excluding hydrogens is 302 g/mol. The van der Waals surface area contributed by atoms with E-state index < -0.39 is 0 Å². The number of benzene rings is 1. The highest BCUT2D eigenvalue weighted by Gasteiger charge is 2.27. The molecule has 0 atom stereocenters. The molecule has 0 unspecified atom stereocenters. The summed E-state index contributed by atoms with van der Waals surface area (Å²) in [7, 11) is 0. The SMILES string of the molecule is NC1CC(n2cnc(NC(=O)Cc3cccc4cnccc34)c2)C1. The Labute approximate surface area is 139 Å². The minimum absolute atomic E-state index is 0.0742. The molecule has 1 aromatic carbocycles. The van der Waals surface area contributed by atoms with E-state index in [1.54, 1.807) is 12.5 Å². The second-order valence-electron chi connectivity index (χ2n) is 6.33. The monoisotopic (exact) mass is 321 g/mol. The molecular formula is C18H19N5O. The Morgan fingerprint density at radius 3 is 3.04 bits per heavy atom. The van der Waals surface area contributed by atoms with Crippen LogP contribution >= 0.6 is 0 Å². The minimum Gasteiger partial charge on any atom is -0.332 e. The fourth-order valence-corrected chi connectivity index (χ4v) is 3.18. The van der Waals surface area contributed by atoms with E-state index in [2.05, 4.69) is 15.3 Å². The van der Waals surface area contributed by atoms with Crippen LogP contribution in [-0.4, -0.2) is 26.5 Å². The molecule has 3 aromatic rings. The summed E-state index contributed by atoms with van der Waals surface area (Å²) >= 11 is 0. The van der Waals surface area contributed by atoms with Gasteiger partial charge < -0.3 is 15.6 Å². The number of amides is 1. The molecule has 3 N–H and O–H groups in total. The molecule has 2 heterocycles. The van der Waals surface area contributed by atoms with Crippen molar-refractivity contribution in [3.05, 3.63) is 54.7 Å². The number of carbonyl (C=O) groups excluding carboxylic acids is 1. The maximum absolute atomic E-state index is 12.3. The molecule has 1 aliphatic carbocycles. The zero-order valence-corrected chi connectivity index (χ0v) is 13.2. The minimum atomic E-state index is -0.0742. The number of carbonyl (C=O) groups is 1. The lowest BCUT2D eigenvalue weighted by Crippen LogP contribution is -2.37. The number of hydrogen-bond acceptors (Lipinski definition) is 4. The summed E-state index contributed by atoms with van der Waals surface area (Å²) in [5.41, 5.74) is 6.80. The number of imidazole rings is 1. The van der Waals surface area contributed by atoms with Crippen LogP contribution in [0.15, 0.2) is 49.2 Å². The lowest BCUT2D eigenvalue weighted by molar-refractivity contribution is -0.115. The van der Waals surface area contributed by atoms with Crippen LogP contribution < -0.4 is 11.1 Å². The van der Waals surface area contributed by atoms with Crippen molar-refractivity contribution >= 4 is 22.5 Å². The molecule has 0 aliphatic heterocycles. The van der Waals surface area contributed by atoms with E-state index in [9.17, 15) is 4.79 Å². The molecule has 0 bridgehead atoms. The molecule has 1 amide bonds. The van der Waals surface area contributed by atoms with Gasteiger partial charge in [-0.3, -0.25) is 9.78 Å². The van der Waals surface area contributed by atoms with Crippen molar-refractivity contribution in [3.8, 4) is 0 Å². The van der Waals surface area contributed by atoms with Crippen LogP contribution in [-0.2, 0) is 11.2 Å². The number of hydrogen-bond donors (Lipinski definition) is 2. The summed E-state index contributed by atoms with van der Waals surface area (Å²) in [6.45, 7) is 0. The average molecular weight is 321 g/mol. The molecule has 0 spiro atoms. The first kappa shape index (κ1) is 14.8. The van der Waals surface area contributed by atoms with Crippen LogP contribution in [0.2, 0.25) is 0 Å². The Bertz CT molecular complexity index is 877. The van der Waals surface area contributed by atoms with Crippen LogP contribution in [0.25, 0.3) is 10.8 Å². The summed E-state index contributed by atoms with van der Waals surface area (Å²) in [6.07, 6.45) is 9.43. The first-order valence-corrected chi connectivity index (χ1v) is 8.09. The fraction of sp³-hybridized carbons (Fsp3) is 0.278. The molecule has 1 aliphatic rings. The first-order valence-electron chi connectivity index (χ1n) is 8.09. The lowest BCUT2D eigenvalue weighted by atomic mass is 9.87. The summed E-state index contributed by atoms with van der Waals surface area (Å²) in [5.74, 6) is 0.511. The number of nitrogens with zero attached hydrogens (tertiary/aromatic N) is 3. The summed E-state index contributed by atoms with van der Waals surface area (Å²) in [4.78, 5) is 20.7. The molecule has 1 fully saturated rings. The van der Waals surface area contributed by atoms with E-state index in [-0.39, 0.29) is 11.9 Å². The van der Waals surface area contributed by atoms with Crippen molar-refractivity contribution in [3.63, 3.8) is 0 Å². The number of aromatic nitrogens is 3. The number of rotatable bonds is 4. The molecule has 1 saturated carbocycles. The van der Waals surface area contributed by atoms with Gasteiger partial charge in [0.2, 0.25) is 5.91 Å². The van der Waals surface area contributed by atoms with Gasteiger partial charge in [-0.25, -0.2) is 4.98 Å². The van der Waals surface area contributed by atoms with Gasteiger partial charge in [0, 0.05) is 36.1 Å². The Morgan fingerprint density at radius 2 is 2.21 bits per heavy atom. The van der Waals surface area contributed by atoms with Gasteiger partial charge in [0.05, 0.1) is 12.7 Å². The first-order chi connectivity index (χ1) is 11.7. The van der Waals surface area contributed by atoms with Crippen LogP contribution in [0.1, 0.15) is 24.4 Å². The van der Waals surface area contributed by atoms with Crippen molar-refractivity contribution in [2.75, 3.05) is 5.32 Å². The van der Waals surface area contributed by atoms with Gasteiger partial charge >= 0.3 is 0 Å². The van der Waals surface area contributed by atoms with Crippen LogP contribution in [0.3, 0.4) is 0 Å². The second-order valence-corrected chi connectivity index (χ2v) is 6.33. The van der Waals surface area contributed by atoms with Crippen molar-refractivity contribution in [1.82, 2.24) is 14.5 Å². The molecule has 6 heteroatoms. The van der Waals surface area contributed by atoms with Gasteiger partial charge in [-0.1, -0.05) is 18.2 Å². The number of nitrogens with two attached hydrogens (primary N) is 1. The molecule has 24 heavy (non-hydrogen) atoms. The zero-order valence-electron chi connectivity index (χ0n) is 13.2. The predicted octanol–water partition coefficient (Wildman–Crippen LogP) is 2.27. The third-order valence-corrected chi connectivity index (χ3v) is 4.56. The summed E-state index contributed by atoms with van der Waals surface area (Å²) < 4.78 is 2.03. The molecule has 0 radical (unpaired) electrons. The fourth-order valence-electron chi connectivity index (χ4n) is 3.18. The largest absolute Gasteiger partial charge is 0.332 e. The topological polar surface area (TPSA) is 85.8 Å². The Kier molecular flexibility index (Phi) is 3.74. The molecule has 6 nitrogen and oxygen atoms in total. The van der Waals surface area contributed by atoms with Crippen molar-refractivity contribution in [1.29, 1.82) is 0 Å². The molecule has 2 aromatic heterocycles.